The van der Waals surface area contributed by atoms with Crippen molar-refractivity contribution in [1.29, 1.82) is 0 Å². The molecule has 1 fully saturated rings. The van der Waals surface area contributed by atoms with Crippen LogP contribution in [0.3, 0.4) is 0 Å². The quantitative estimate of drug-likeness (QED) is 0.792. The predicted octanol–water partition coefficient (Wildman–Crippen LogP) is 1.77. The van der Waals surface area contributed by atoms with Gasteiger partial charge in [-0.3, -0.25) is 14.3 Å². The van der Waals surface area contributed by atoms with E-state index in [4.69, 9.17) is 4.84 Å². The molecular weight excluding hydrogens is 244 g/mol. The van der Waals surface area contributed by atoms with Gasteiger partial charge < -0.3 is 0 Å². The van der Waals surface area contributed by atoms with Gasteiger partial charge in [-0.1, -0.05) is 0 Å². The van der Waals surface area contributed by atoms with Crippen molar-refractivity contribution in [3.8, 4) is 0 Å². The van der Waals surface area contributed by atoms with E-state index in [0.29, 0.717) is 12.3 Å². The Morgan fingerprint density at radius 3 is 2.94 bits per heavy atom. The van der Waals surface area contributed by atoms with Gasteiger partial charge in [0.1, 0.15) is 12.2 Å². The van der Waals surface area contributed by atoms with E-state index in [-0.39, 0.29) is 18.2 Å². The first-order valence-electron chi connectivity index (χ1n) is 5.88. The van der Waals surface area contributed by atoms with Gasteiger partial charge in [0.2, 0.25) is 0 Å². The first kappa shape index (κ1) is 12.9. The highest BCUT2D eigenvalue weighted by atomic mass is 19.3. The highest BCUT2D eigenvalue weighted by molar-refractivity contribution is 5.74. The van der Waals surface area contributed by atoms with Crippen LogP contribution in [-0.2, 0) is 16.2 Å². The minimum atomic E-state index is -2.61. The lowest BCUT2D eigenvalue weighted by Crippen LogP contribution is -2.28. The van der Waals surface area contributed by atoms with Crippen LogP contribution in [0.1, 0.15) is 43.5 Å². The maximum absolute atomic E-state index is 12.6. The van der Waals surface area contributed by atoms with Gasteiger partial charge in [0, 0.05) is 11.6 Å². The molecule has 1 heterocycles. The molecule has 5 nitrogen and oxygen atoms in total. The van der Waals surface area contributed by atoms with Gasteiger partial charge in [-0.05, 0) is 25.8 Å². The maximum Gasteiger partial charge on any atom is 0.282 e. The van der Waals surface area contributed by atoms with Gasteiger partial charge in [-0.25, -0.2) is 14.3 Å². The first-order chi connectivity index (χ1) is 8.61. The van der Waals surface area contributed by atoms with Crippen molar-refractivity contribution in [1.82, 2.24) is 15.3 Å². The minimum Gasteiger partial charge on any atom is -0.274 e. The number of halogens is 2. The molecule has 1 N–H and O–H groups in total. The third-order valence-electron chi connectivity index (χ3n) is 2.67. The van der Waals surface area contributed by atoms with E-state index < -0.39 is 12.3 Å². The number of nitrogens with zero attached hydrogens (tertiary/aromatic N) is 2. The van der Waals surface area contributed by atoms with Crippen molar-refractivity contribution in [3.05, 3.63) is 17.5 Å². The zero-order valence-electron chi connectivity index (χ0n) is 10.0. The van der Waals surface area contributed by atoms with Gasteiger partial charge in [-0.15, -0.1) is 0 Å². The maximum atomic E-state index is 12.6. The molecule has 1 aromatic heterocycles. The zero-order chi connectivity index (χ0) is 13.1. The molecule has 0 bridgehead atoms. The molecule has 1 aromatic rings. The smallest absolute Gasteiger partial charge is 0.274 e. The predicted molar refractivity (Wildman–Crippen MR) is 58.9 cm³/mol. The summed E-state index contributed by atoms with van der Waals surface area (Å²) in [5.74, 6) is -0.146. The topological polar surface area (TPSA) is 56.1 Å². The molecule has 0 atom stereocenters. The number of carbonyl (C=O) groups excluding carboxylic acids is 1. The van der Waals surface area contributed by atoms with Crippen LogP contribution >= 0.6 is 0 Å². The number of hydrogen-bond donors (Lipinski definition) is 1. The van der Waals surface area contributed by atoms with Crippen LogP contribution in [0.25, 0.3) is 0 Å². The molecule has 0 radical (unpaired) electrons. The molecule has 7 heteroatoms. The molecule has 0 spiro atoms. The number of carbonyl (C=O) groups is 1. The van der Waals surface area contributed by atoms with E-state index >= 15 is 0 Å². The normalized spacial score (nSPS) is 15.1. The van der Waals surface area contributed by atoms with Gasteiger partial charge >= 0.3 is 0 Å². The highest BCUT2D eigenvalue weighted by Gasteiger charge is 2.30. The van der Waals surface area contributed by atoms with Crippen LogP contribution in [0, 0.1) is 0 Å². The lowest BCUT2D eigenvalue weighted by atomic mass is 10.2. The second-order valence-electron chi connectivity index (χ2n) is 4.18. The number of hydrogen-bond acceptors (Lipinski definition) is 3. The Kier molecular flexibility index (Phi) is 3.90. The minimum absolute atomic E-state index is 0.0987. The summed E-state index contributed by atoms with van der Waals surface area (Å²) in [5.41, 5.74) is 2.65. The van der Waals surface area contributed by atoms with Gasteiger partial charge in [-0.2, -0.15) is 5.10 Å². The van der Waals surface area contributed by atoms with Crippen LogP contribution in [0.4, 0.5) is 8.78 Å². The third-order valence-corrected chi connectivity index (χ3v) is 2.67. The summed E-state index contributed by atoms with van der Waals surface area (Å²) in [5, 5.41) is 3.77. The molecule has 0 unspecified atom stereocenters. The van der Waals surface area contributed by atoms with Crippen molar-refractivity contribution in [2.24, 2.45) is 0 Å². The van der Waals surface area contributed by atoms with Crippen molar-refractivity contribution in [3.63, 3.8) is 0 Å². The fourth-order valence-corrected chi connectivity index (χ4v) is 1.71. The fraction of sp³-hybridized carbons (Fsp3) is 0.636. The Morgan fingerprint density at radius 1 is 1.67 bits per heavy atom. The Bertz CT molecular complexity index is 430. The number of nitrogens with one attached hydrogen (secondary N) is 1. The Morgan fingerprint density at radius 2 is 2.39 bits per heavy atom. The Balaban J connectivity index is 2.08. The van der Waals surface area contributed by atoms with Crippen molar-refractivity contribution in [2.75, 3.05) is 6.61 Å². The van der Waals surface area contributed by atoms with Crippen LogP contribution in [0.15, 0.2) is 6.07 Å². The van der Waals surface area contributed by atoms with Crippen LogP contribution in [-0.4, -0.2) is 22.3 Å². The summed E-state index contributed by atoms with van der Waals surface area (Å²) in [6.07, 6.45) is -0.693. The lowest BCUT2D eigenvalue weighted by molar-refractivity contribution is -0.134. The summed E-state index contributed by atoms with van der Waals surface area (Å²) < 4.78 is 26.5. The van der Waals surface area contributed by atoms with E-state index in [9.17, 15) is 13.6 Å². The van der Waals surface area contributed by atoms with Gasteiger partial charge in [0.25, 0.3) is 12.3 Å². The molecule has 0 saturated heterocycles. The number of amides is 1. The molecule has 1 aliphatic rings. The number of hydroxylamine groups is 1. The summed E-state index contributed by atoms with van der Waals surface area (Å²) in [7, 11) is 0. The molecule has 18 heavy (non-hydrogen) atoms. The molecule has 0 aromatic carbocycles. The summed E-state index contributed by atoms with van der Waals surface area (Å²) >= 11 is 0. The van der Waals surface area contributed by atoms with Gasteiger partial charge in [0.15, 0.2) is 0 Å². The monoisotopic (exact) mass is 259 g/mol. The Labute approximate surface area is 103 Å². The number of alkyl halides is 2. The van der Waals surface area contributed by atoms with Crippen molar-refractivity contribution in [2.45, 2.75) is 38.7 Å². The van der Waals surface area contributed by atoms with Crippen molar-refractivity contribution >= 4 is 5.91 Å². The highest BCUT2D eigenvalue weighted by Crippen LogP contribution is 2.41. The molecule has 1 amide bonds. The molecule has 2 rings (SSSR count). The summed E-state index contributed by atoms with van der Waals surface area (Å²) in [4.78, 5) is 16.2. The number of aromatic nitrogens is 2. The second-order valence-corrected chi connectivity index (χ2v) is 4.18. The molecule has 1 aliphatic carbocycles. The first-order valence-corrected chi connectivity index (χ1v) is 5.88. The number of rotatable bonds is 6. The second kappa shape index (κ2) is 5.43. The molecule has 1 saturated carbocycles. The zero-order valence-corrected chi connectivity index (χ0v) is 10.0. The van der Waals surface area contributed by atoms with E-state index in [0.717, 1.165) is 12.8 Å². The lowest BCUT2D eigenvalue weighted by Gasteiger charge is -2.06. The van der Waals surface area contributed by atoms with Gasteiger partial charge in [0.05, 0.1) is 6.61 Å². The summed E-state index contributed by atoms with van der Waals surface area (Å²) in [6.45, 7) is 1.99. The standard InChI is InChI=1S/C11H15F2N3O2/c1-2-18-15-10(17)6-16-9(7-3-4-7)5-8(14-16)11(12)13/h5,7,11H,2-4,6H2,1H3,(H,15,17). The van der Waals surface area contributed by atoms with Crippen LogP contribution < -0.4 is 5.48 Å². The fourth-order valence-electron chi connectivity index (χ4n) is 1.71. The van der Waals surface area contributed by atoms with Crippen molar-refractivity contribution < 1.29 is 18.4 Å². The molecule has 0 aliphatic heterocycles. The molecular formula is C11H15F2N3O2. The average Bonchev–Trinajstić information content (AvgIpc) is 3.08. The third kappa shape index (κ3) is 3.04. The van der Waals surface area contributed by atoms with E-state index in [1.54, 1.807) is 6.92 Å². The summed E-state index contributed by atoms with van der Waals surface area (Å²) in [6, 6.07) is 1.39. The van der Waals surface area contributed by atoms with Crippen LogP contribution in [0.5, 0.6) is 0 Å². The van der Waals surface area contributed by atoms with E-state index in [1.807, 2.05) is 0 Å². The largest absolute Gasteiger partial charge is 0.282 e. The van der Waals surface area contributed by atoms with E-state index in [1.165, 1.54) is 10.7 Å². The average molecular weight is 259 g/mol. The Hall–Kier alpha value is -1.50. The molecule has 100 valence electrons. The van der Waals surface area contributed by atoms with E-state index in [2.05, 4.69) is 10.6 Å². The SMILES string of the molecule is CCONC(=O)Cn1nc(C(F)F)cc1C1CC1. The van der Waals surface area contributed by atoms with Crippen LogP contribution in [0.2, 0.25) is 0 Å².